The van der Waals surface area contributed by atoms with Gasteiger partial charge in [-0.15, -0.1) is 0 Å². The average molecular weight is 1220 g/mol. The number of hydrogen-bond donors (Lipinski definition) is 3. The van der Waals surface area contributed by atoms with Gasteiger partial charge in [0.1, 0.15) is 0 Å². The molecule has 0 fully saturated rings. The zero-order chi connectivity index (χ0) is 62.8. The third-order valence-electron chi connectivity index (χ3n) is 18.6. The molecule has 0 aliphatic carbocycles. The number of ether oxygens (including phenoxy) is 1. The van der Waals surface area contributed by atoms with Gasteiger partial charge in [-0.25, -0.2) is 0 Å². The number of rotatable bonds is 75. The Hall–Kier alpha value is -1.92. The van der Waals surface area contributed by atoms with Gasteiger partial charge in [0.05, 0.1) is 25.4 Å². The molecule has 514 valence electrons. The molecule has 1 amide bonds. The third-order valence-corrected chi connectivity index (χ3v) is 18.6. The van der Waals surface area contributed by atoms with E-state index < -0.39 is 12.1 Å². The lowest BCUT2D eigenvalue weighted by Crippen LogP contribution is -2.45. The van der Waals surface area contributed by atoms with E-state index >= 15 is 0 Å². The van der Waals surface area contributed by atoms with Crippen molar-refractivity contribution >= 4 is 11.9 Å². The summed E-state index contributed by atoms with van der Waals surface area (Å²) in [5.41, 5.74) is 0. The van der Waals surface area contributed by atoms with Crippen molar-refractivity contribution < 1.29 is 24.5 Å². The van der Waals surface area contributed by atoms with Crippen LogP contribution in [0.15, 0.2) is 36.5 Å². The van der Waals surface area contributed by atoms with Crippen molar-refractivity contribution in [3.8, 4) is 0 Å². The number of aliphatic hydroxyl groups is 2. The fourth-order valence-electron chi connectivity index (χ4n) is 12.6. The lowest BCUT2D eigenvalue weighted by Gasteiger charge is -2.20. The number of unbranched alkanes of at least 4 members (excludes halogenated alkanes) is 60. The van der Waals surface area contributed by atoms with Crippen molar-refractivity contribution in [3.63, 3.8) is 0 Å². The molecule has 0 rings (SSSR count). The minimum atomic E-state index is -0.845. The van der Waals surface area contributed by atoms with Crippen LogP contribution in [0.3, 0.4) is 0 Å². The smallest absolute Gasteiger partial charge is 0.305 e. The summed E-state index contributed by atoms with van der Waals surface area (Å²) in [6.45, 7) is 4.95. The van der Waals surface area contributed by atoms with E-state index in [-0.39, 0.29) is 18.5 Å². The minimum absolute atomic E-state index is 0.0172. The Kier molecular flexibility index (Phi) is 74.8. The fourth-order valence-corrected chi connectivity index (χ4v) is 12.6. The van der Waals surface area contributed by atoms with E-state index in [2.05, 4.69) is 43.5 Å². The Balaban J connectivity index is 3.38. The number of nitrogens with one attached hydrogen (secondary N) is 1. The van der Waals surface area contributed by atoms with Crippen molar-refractivity contribution in [2.24, 2.45) is 0 Å². The largest absolute Gasteiger partial charge is 0.466 e. The van der Waals surface area contributed by atoms with Gasteiger partial charge in [0, 0.05) is 12.8 Å². The third kappa shape index (κ3) is 73.0. The summed E-state index contributed by atoms with van der Waals surface area (Å²) in [4.78, 5) is 24.7. The van der Waals surface area contributed by atoms with Crippen LogP contribution in [0.25, 0.3) is 0 Å². The highest BCUT2D eigenvalue weighted by molar-refractivity contribution is 5.76. The molecular formula is C81H155NO5. The summed E-state index contributed by atoms with van der Waals surface area (Å²) in [5, 5.41) is 23.3. The quantitative estimate of drug-likeness (QED) is 0.0320. The van der Waals surface area contributed by atoms with E-state index in [0.29, 0.717) is 19.4 Å². The van der Waals surface area contributed by atoms with Crippen LogP contribution >= 0.6 is 0 Å². The average Bonchev–Trinajstić information content (AvgIpc) is 3.53. The van der Waals surface area contributed by atoms with Gasteiger partial charge in [0.25, 0.3) is 0 Å². The maximum Gasteiger partial charge on any atom is 0.305 e. The molecule has 0 aromatic heterocycles. The molecule has 0 saturated carbocycles. The molecular weight excluding hydrogens is 1070 g/mol. The van der Waals surface area contributed by atoms with Crippen LogP contribution in [0.4, 0.5) is 0 Å². The molecule has 0 bridgehead atoms. The maximum atomic E-state index is 12.5. The second-order valence-corrected chi connectivity index (χ2v) is 27.4. The van der Waals surface area contributed by atoms with E-state index in [9.17, 15) is 19.8 Å². The number of carbonyl (C=O) groups excluding carboxylic acids is 2. The van der Waals surface area contributed by atoms with Crippen molar-refractivity contribution in [2.45, 2.75) is 456 Å². The summed E-state index contributed by atoms with van der Waals surface area (Å²) in [7, 11) is 0. The predicted octanol–water partition coefficient (Wildman–Crippen LogP) is 26.2. The van der Waals surface area contributed by atoms with Crippen LogP contribution in [-0.4, -0.2) is 47.4 Å². The van der Waals surface area contributed by atoms with E-state index in [1.165, 1.54) is 379 Å². The summed E-state index contributed by atoms with van der Waals surface area (Å²) in [5.74, 6) is -0.0449. The van der Waals surface area contributed by atoms with Crippen molar-refractivity contribution in [1.82, 2.24) is 5.32 Å². The summed E-state index contributed by atoms with van der Waals surface area (Å²) < 4.78 is 5.52. The first-order valence-corrected chi connectivity index (χ1v) is 39.8. The number of carbonyl (C=O) groups is 2. The number of amides is 1. The molecule has 0 aliphatic rings. The first kappa shape index (κ1) is 85.1. The molecule has 3 N–H and O–H groups in total. The van der Waals surface area contributed by atoms with Crippen molar-refractivity contribution in [2.75, 3.05) is 13.2 Å². The number of allylic oxidation sites excluding steroid dienone is 5. The van der Waals surface area contributed by atoms with Gasteiger partial charge < -0.3 is 20.3 Å². The Bertz CT molecular complexity index is 1410. The van der Waals surface area contributed by atoms with E-state index in [0.717, 1.165) is 38.5 Å². The van der Waals surface area contributed by atoms with Gasteiger partial charge in [-0.05, 0) is 83.5 Å². The summed E-state index contributed by atoms with van der Waals surface area (Å²) in [6.07, 6.45) is 99.8. The van der Waals surface area contributed by atoms with Gasteiger partial charge in [-0.1, -0.05) is 384 Å². The zero-order valence-electron chi connectivity index (χ0n) is 59.0. The van der Waals surface area contributed by atoms with Crippen LogP contribution in [0, 0.1) is 0 Å². The summed E-state index contributed by atoms with van der Waals surface area (Å²) >= 11 is 0. The minimum Gasteiger partial charge on any atom is -0.466 e. The molecule has 6 nitrogen and oxygen atoms in total. The normalized spacial score (nSPS) is 12.6. The molecule has 6 heteroatoms. The molecule has 0 aromatic carbocycles. The molecule has 2 unspecified atom stereocenters. The topological polar surface area (TPSA) is 95.9 Å². The molecule has 0 heterocycles. The standard InChI is InChI=1S/C81H155NO5/c1-3-5-7-9-11-13-15-17-19-21-23-34-38-41-45-49-53-57-61-65-69-73-79(84)78(77-83)82-80(85)74-70-66-62-58-54-50-46-42-39-35-32-30-28-26-24-25-27-29-31-33-36-40-44-48-52-56-60-64-68-72-76-87-81(86)75-71-67-63-59-55-51-47-43-37-22-20-18-16-14-12-10-8-6-4-2/h18,20,25,27,69,73,78-79,83-84H,3-17,19,21-24,26,28-68,70-72,74-77H2,1-2H3,(H,82,85)/b20-18-,27-25-,73-69+. The first-order chi connectivity index (χ1) is 43.0. The van der Waals surface area contributed by atoms with Crippen molar-refractivity contribution in [3.05, 3.63) is 36.5 Å². The Morgan fingerprint density at radius 2 is 0.540 bits per heavy atom. The van der Waals surface area contributed by atoms with E-state index in [4.69, 9.17) is 4.74 Å². The highest BCUT2D eigenvalue weighted by Crippen LogP contribution is 2.19. The van der Waals surface area contributed by atoms with E-state index in [1.54, 1.807) is 6.08 Å². The van der Waals surface area contributed by atoms with Crippen LogP contribution < -0.4 is 5.32 Å². The lowest BCUT2D eigenvalue weighted by molar-refractivity contribution is -0.143. The number of esters is 1. The van der Waals surface area contributed by atoms with Gasteiger partial charge in [-0.3, -0.25) is 9.59 Å². The number of hydrogen-bond acceptors (Lipinski definition) is 5. The molecule has 0 radical (unpaired) electrons. The SMILES string of the molecule is CCCCCCCC/C=C\CCCCCCCCCCCC(=O)OCCCCCCCCCCCCCC/C=C\CCCCCCCCCCCCCCCCC(=O)NC(CO)C(O)/C=C/CCCCCCCCCCCCCCCCCCCCC. The highest BCUT2D eigenvalue weighted by atomic mass is 16.5. The van der Waals surface area contributed by atoms with Crippen LogP contribution in [0.1, 0.15) is 444 Å². The monoisotopic (exact) mass is 1220 g/mol. The lowest BCUT2D eigenvalue weighted by atomic mass is 10.0. The van der Waals surface area contributed by atoms with Crippen LogP contribution in [0.5, 0.6) is 0 Å². The summed E-state index contributed by atoms with van der Waals surface area (Å²) in [6, 6.07) is -0.628. The number of aliphatic hydroxyl groups excluding tert-OH is 2. The van der Waals surface area contributed by atoms with Crippen molar-refractivity contribution in [1.29, 1.82) is 0 Å². The Morgan fingerprint density at radius 1 is 0.310 bits per heavy atom. The second kappa shape index (κ2) is 76.5. The van der Waals surface area contributed by atoms with Gasteiger partial charge in [0.15, 0.2) is 0 Å². The van der Waals surface area contributed by atoms with Crippen LogP contribution in [-0.2, 0) is 14.3 Å². The molecule has 87 heavy (non-hydrogen) atoms. The Morgan fingerprint density at radius 3 is 0.816 bits per heavy atom. The highest BCUT2D eigenvalue weighted by Gasteiger charge is 2.18. The molecule has 2 atom stereocenters. The maximum absolute atomic E-state index is 12.5. The zero-order valence-corrected chi connectivity index (χ0v) is 59.0. The van der Waals surface area contributed by atoms with Gasteiger partial charge >= 0.3 is 5.97 Å². The van der Waals surface area contributed by atoms with E-state index in [1.807, 2.05) is 6.08 Å². The molecule has 0 aromatic rings. The molecule has 0 saturated heterocycles. The van der Waals surface area contributed by atoms with Gasteiger partial charge in [0.2, 0.25) is 5.91 Å². The fraction of sp³-hybridized carbons (Fsp3) is 0.901. The van der Waals surface area contributed by atoms with Gasteiger partial charge in [-0.2, -0.15) is 0 Å². The molecule has 0 aliphatic heterocycles. The van der Waals surface area contributed by atoms with Crippen LogP contribution in [0.2, 0.25) is 0 Å². The Labute approximate surface area is 544 Å². The first-order valence-electron chi connectivity index (χ1n) is 39.8. The molecule has 0 spiro atoms. The predicted molar refractivity (Wildman–Crippen MR) is 384 cm³/mol. The second-order valence-electron chi connectivity index (χ2n) is 27.4.